The highest BCUT2D eigenvalue weighted by atomic mass is 16.4. The summed E-state index contributed by atoms with van der Waals surface area (Å²) in [4.78, 5) is 24.7. The fourth-order valence-corrected chi connectivity index (χ4v) is 1.62. The van der Waals surface area contributed by atoms with Gasteiger partial charge >= 0.3 is 5.97 Å². The molecule has 98 valence electrons. The second-order valence-electron chi connectivity index (χ2n) is 4.79. The number of hydrogen-bond acceptors (Lipinski definition) is 2. The fraction of sp³-hybridized carbons (Fsp3) is 0.429. The molecule has 1 aromatic rings. The SMILES string of the molecule is CC(C)C(C)N(C)C(=O)c1cccc(C(=O)O)c1. The number of carboxylic acids is 1. The summed E-state index contributed by atoms with van der Waals surface area (Å²) in [6, 6.07) is 6.22. The van der Waals surface area contributed by atoms with Gasteiger partial charge in [-0.05, 0) is 31.0 Å². The number of carbonyl (C=O) groups is 2. The van der Waals surface area contributed by atoms with Gasteiger partial charge in [0.15, 0.2) is 0 Å². The molecule has 0 aliphatic heterocycles. The summed E-state index contributed by atoms with van der Waals surface area (Å²) in [5, 5.41) is 8.90. The Kier molecular flexibility index (Phi) is 4.48. The van der Waals surface area contributed by atoms with Gasteiger partial charge in [-0.3, -0.25) is 4.79 Å². The van der Waals surface area contributed by atoms with Crippen LogP contribution in [-0.4, -0.2) is 35.0 Å². The number of hydrogen-bond donors (Lipinski definition) is 1. The highest BCUT2D eigenvalue weighted by molar-refractivity contribution is 5.97. The Bertz CT molecular complexity index is 454. The van der Waals surface area contributed by atoms with E-state index in [0.29, 0.717) is 11.5 Å². The minimum Gasteiger partial charge on any atom is -0.478 e. The molecule has 18 heavy (non-hydrogen) atoms. The summed E-state index contributed by atoms with van der Waals surface area (Å²) < 4.78 is 0. The quantitative estimate of drug-likeness (QED) is 0.892. The van der Waals surface area contributed by atoms with Crippen LogP contribution in [0.4, 0.5) is 0 Å². The Hall–Kier alpha value is -1.84. The van der Waals surface area contributed by atoms with Crippen LogP contribution in [-0.2, 0) is 0 Å². The lowest BCUT2D eigenvalue weighted by Gasteiger charge is -2.28. The molecule has 0 saturated carbocycles. The summed E-state index contributed by atoms with van der Waals surface area (Å²) >= 11 is 0. The second-order valence-corrected chi connectivity index (χ2v) is 4.79. The summed E-state index contributed by atoms with van der Waals surface area (Å²) in [5.74, 6) is -0.829. The second kappa shape index (κ2) is 5.67. The Balaban J connectivity index is 2.97. The molecular formula is C14H19NO3. The molecule has 0 spiro atoms. The van der Waals surface area contributed by atoms with Crippen LogP contribution in [0.1, 0.15) is 41.5 Å². The van der Waals surface area contributed by atoms with Crippen LogP contribution in [0.15, 0.2) is 24.3 Å². The van der Waals surface area contributed by atoms with Crippen LogP contribution >= 0.6 is 0 Å². The van der Waals surface area contributed by atoms with Crippen LogP contribution in [0, 0.1) is 5.92 Å². The van der Waals surface area contributed by atoms with Gasteiger partial charge in [-0.25, -0.2) is 4.79 Å². The van der Waals surface area contributed by atoms with Crippen molar-refractivity contribution in [3.63, 3.8) is 0 Å². The zero-order valence-corrected chi connectivity index (χ0v) is 11.2. The number of aromatic carboxylic acids is 1. The molecule has 0 aromatic heterocycles. The highest BCUT2D eigenvalue weighted by Gasteiger charge is 2.20. The molecule has 0 heterocycles. The lowest BCUT2D eigenvalue weighted by atomic mass is 10.0. The van der Waals surface area contributed by atoms with Gasteiger partial charge in [-0.1, -0.05) is 19.9 Å². The van der Waals surface area contributed by atoms with Crippen molar-refractivity contribution in [2.45, 2.75) is 26.8 Å². The lowest BCUT2D eigenvalue weighted by Crippen LogP contribution is -2.38. The Morgan fingerprint density at radius 3 is 2.22 bits per heavy atom. The summed E-state index contributed by atoms with van der Waals surface area (Å²) in [7, 11) is 1.74. The first kappa shape index (κ1) is 14.2. The van der Waals surface area contributed by atoms with Crippen molar-refractivity contribution in [1.82, 2.24) is 4.90 Å². The van der Waals surface area contributed by atoms with E-state index in [9.17, 15) is 9.59 Å². The minimum atomic E-state index is -1.02. The van der Waals surface area contributed by atoms with Gasteiger partial charge in [0.25, 0.3) is 5.91 Å². The van der Waals surface area contributed by atoms with Crippen LogP contribution < -0.4 is 0 Å². The van der Waals surface area contributed by atoms with Gasteiger partial charge in [0.1, 0.15) is 0 Å². The van der Waals surface area contributed by atoms with Gasteiger partial charge in [-0.2, -0.15) is 0 Å². The number of nitrogens with zero attached hydrogens (tertiary/aromatic N) is 1. The van der Waals surface area contributed by atoms with E-state index in [1.807, 2.05) is 20.8 Å². The van der Waals surface area contributed by atoms with Crippen LogP contribution in [0.3, 0.4) is 0 Å². The molecule has 0 radical (unpaired) electrons. The lowest BCUT2D eigenvalue weighted by molar-refractivity contribution is 0.0697. The number of benzene rings is 1. The fourth-order valence-electron chi connectivity index (χ4n) is 1.62. The molecule has 0 saturated heterocycles. The van der Waals surface area contributed by atoms with Gasteiger partial charge in [0.05, 0.1) is 5.56 Å². The van der Waals surface area contributed by atoms with Gasteiger partial charge < -0.3 is 10.0 Å². The third-order valence-corrected chi connectivity index (χ3v) is 3.25. The molecular weight excluding hydrogens is 230 g/mol. The normalized spacial score (nSPS) is 12.3. The van der Waals surface area contributed by atoms with Gasteiger partial charge in [0, 0.05) is 18.7 Å². The zero-order valence-electron chi connectivity index (χ0n) is 11.2. The molecule has 0 aliphatic carbocycles. The maximum absolute atomic E-state index is 12.2. The summed E-state index contributed by atoms with van der Waals surface area (Å²) in [5.41, 5.74) is 0.538. The molecule has 0 fully saturated rings. The number of rotatable bonds is 4. The van der Waals surface area contributed by atoms with E-state index in [0.717, 1.165) is 0 Å². The molecule has 4 nitrogen and oxygen atoms in total. The van der Waals surface area contributed by atoms with Gasteiger partial charge in [-0.15, -0.1) is 0 Å². The molecule has 0 bridgehead atoms. The van der Waals surface area contributed by atoms with Crippen molar-refractivity contribution in [3.8, 4) is 0 Å². The maximum atomic E-state index is 12.2. The van der Waals surface area contributed by atoms with Crippen LogP contribution in [0.5, 0.6) is 0 Å². The molecule has 4 heteroatoms. The van der Waals surface area contributed by atoms with E-state index in [-0.39, 0.29) is 17.5 Å². The average molecular weight is 249 g/mol. The molecule has 1 unspecified atom stereocenters. The van der Waals surface area contributed by atoms with Crippen molar-refractivity contribution in [3.05, 3.63) is 35.4 Å². The van der Waals surface area contributed by atoms with E-state index in [1.165, 1.54) is 12.1 Å². The molecule has 1 N–H and O–H groups in total. The Morgan fingerprint density at radius 2 is 1.72 bits per heavy atom. The first-order valence-corrected chi connectivity index (χ1v) is 5.95. The predicted octanol–water partition coefficient (Wildman–Crippen LogP) is 2.50. The van der Waals surface area contributed by atoms with E-state index < -0.39 is 5.97 Å². The topological polar surface area (TPSA) is 57.6 Å². The Labute approximate surface area is 107 Å². The van der Waals surface area contributed by atoms with E-state index >= 15 is 0 Å². The number of amides is 1. The van der Waals surface area contributed by atoms with Crippen molar-refractivity contribution in [2.75, 3.05) is 7.05 Å². The van der Waals surface area contributed by atoms with Crippen molar-refractivity contribution in [1.29, 1.82) is 0 Å². The highest BCUT2D eigenvalue weighted by Crippen LogP contribution is 2.13. The largest absolute Gasteiger partial charge is 0.478 e. The third-order valence-electron chi connectivity index (χ3n) is 3.25. The first-order valence-electron chi connectivity index (χ1n) is 5.95. The Morgan fingerprint density at radius 1 is 1.17 bits per heavy atom. The summed E-state index contributed by atoms with van der Waals surface area (Å²) in [6.45, 7) is 6.06. The van der Waals surface area contributed by atoms with Crippen molar-refractivity contribution in [2.24, 2.45) is 5.92 Å². The smallest absolute Gasteiger partial charge is 0.335 e. The van der Waals surface area contributed by atoms with Crippen LogP contribution in [0.2, 0.25) is 0 Å². The molecule has 1 amide bonds. The zero-order chi connectivity index (χ0) is 13.9. The van der Waals surface area contributed by atoms with Crippen molar-refractivity contribution >= 4 is 11.9 Å². The van der Waals surface area contributed by atoms with Crippen LogP contribution in [0.25, 0.3) is 0 Å². The molecule has 1 aromatic carbocycles. The molecule has 1 rings (SSSR count). The van der Waals surface area contributed by atoms with E-state index in [2.05, 4.69) is 0 Å². The standard InChI is InChI=1S/C14H19NO3/c1-9(2)10(3)15(4)13(16)11-6-5-7-12(8-11)14(17)18/h5-10H,1-4H3,(H,17,18). The average Bonchev–Trinajstić information content (AvgIpc) is 2.36. The maximum Gasteiger partial charge on any atom is 0.335 e. The van der Waals surface area contributed by atoms with E-state index in [1.54, 1.807) is 24.1 Å². The monoisotopic (exact) mass is 249 g/mol. The predicted molar refractivity (Wildman–Crippen MR) is 69.8 cm³/mol. The minimum absolute atomic E-state index is 0.103. The third kappa shape index (κ3) is 3.09. The first-order chi connectivity index (χ1) is 8.34. The van der Waals surface area contributed by atoms with Gasteiger partial charge in [0.2, 0.25) is 0 Å². The molecule has 0 aliphatic rings. The molecule has 1 atom stereocenters. The number of carboxylic acid groups (broad SMARTS) is 1. The van der Waals surface area contributed by atoms with E-state index in [4.69, 9.17) is 5.11 Å². The number of carbonyl (C=O) groups excluding carboxylic acids is 1. The summed E-state index contributed by atoms with van der Waals surface area (Å²) in [6.07, 6.45) is 0. The van der Waals surface area contributed by atoms with Crippen molar-refractivity contribution < 1.29 is 14.7 Å².